The van der Waals surface area contributed by atoms with Gasteiger partial charge in [-0.25, -0.2) is 0 Å². The molecule has 1 rings (SSSR count). The highest BCUT2D eigenvalue weighted by atomic mass is 16.4. The van der Waals surface area contributed by atoms with Gasteiger partial charge in [0.05, 0.1) is 6.21 Å². The summed E-state index contributed by atoms with van der Waals surface area (Å²) in [4.78, 5) is 0. The molecule has 0 unspecified atom stereocenters. The van der Waals surface area contributed by atoms with E-state index in [0.29, 0.717) is 0 Å². The fourth-order valence-corrected chi connectivity index (χ4v) is 1.78. The molecule has 2 nitrogen and oxygen atoms in total. The Morgan fingerprint density at radius 1 is 0.786 bits per heavy atom. The van der Waals surface area contributed by atoms with E-state index in [-0.39, 0.29) is 0 Å². The fraction of sp³-hybridized carbons (Fsp3) is 0.417. The largest absolute Gasteiger partial charge is 0.411 e. The van der Waals surface area contributed by atoms with Gasteiger partial charge >= 0.3 is 0 Å². The molecule has 0 aliphatic carbocycles. The first-order valence-electron chi connectivity index (χ1n) is 4.75. The minimum absolute atomic E-state index is 1.04. The zero-order valence-electron chi connectivity index (χ0n) is 9.47. The first kappa shape index (κ1) is 10.8. The molecule has 76 valence electrons. The lowest BCUT2D eigenvalue weighted by Gasteiger charge is -2.15. The number of benzene rings is 1. The maximum Gasteiger partial charge on any atom is 0.0739 e. The van der Waals surface area contributed by atoms with E-state index in [1.807, 2.05) is 0 Å². The van der Waals surface area contributed by atoms with Crippen LogP contribution in [0.25, 0.3) is 0 Å². The van der Waals surface area contributed by atoms with Crippen molar-refractivity contribution in [1.29, 1.82) is 0 Å². The second-order valence-corrected chi connectivity index (χ2v) is 3.78. The van der Waals surface area contributed by atoms with Crippen LogP contribution in [0.2, 0.25) is 0 Å². The summed E-state index contributed by atoms with van der Waals surface area (Å²) in [5, 5.41) is 11.7. The number of rotatable bonds is 1. The number of hydrogen-bond acceptors (Lipinski definition) is 2. The summed E-state index contributed by atoms with van der Waals surface area (Å²) in [6.45, 7) is 10.5. The highest BCUT2D eigenvalue weighted by molar-refractivity contribution is 5.85. The highest BCUT2D eigenvalue weighted by Crippen LogP contribution is 2.24. The summed E-state index contributed by atoms with van der Waals surface area (Å²) in [7, 11) is 0. The third-order valence-electron chi connectivity index (χ3n) is 3.24. The molecular weight excluding hydrogens is 174 g/mol. The van der Waals surface area contributed by atoms with Crippen LogP contribution in [0.5, 0.6) is 0 Å². The first-order chi connectivity index (χ1) is 6.50. The van der Waals surface area contributed by atoms with Crippen molar-refractivity contribution in [3.05, 3.63) is 33.4 Å². The standard InChI is InChI=1S/C12H17NO/c1-7-8(2)10(4)12(6-13-14)11(5)9(7)3/h6,14H,1-5H3/b13-6+. The van der Waals surface area contributed by atoms with Crippen molar-refractivity contribution in [2.75, 3.05) is 0 Å². The maximum atomic E-state index is 8.59. The Bertz CT molecular complexity index is 363. The molecule has 0 saturated carbocycles. The second-order valence-electron chi connectivity index (χ2n) is 3.78. The number of nitrogens with zero attached hydrogens (tertiary/aromatic N) is 1. The van der Waals surface area contributed by atoms with Gasteiger partial charge in [-0.1, -0.05) is 5.16 Å². The molecule has 0 atom stereocenters. The Kier molecular flexibility index (Phi) is 2.94. The van der Waals surface area contributed by atoms with Gasteiger partial charge in [0.15, 0.2) is 0 Å². The van der Waals surface area contributed by atoms with E-state index in [2.05, 4.69) is 39.8 Å². The van der Waals surface area contributed by atoms with Gasteiger partial charge in [0.2, 0.25) is 0 Å². The van der Waals surface area contributed by atoms with Gasteiger partial charge in [0.25, 0.3) is 0 Å². The van der Waals surface area contributed by atoms with Crippen LogP contribution in [-0.2, 0) is 0 Å². The van der Waals surface area contributed by atoms with Gasteiger partial charge in [-0.15, -0.1) is 0 Å². The normalized spacial score (nSPS) is 11.2. The summed E-state index contributed by atoms with van der Waals surface area (Å²) in [6, 6.07) is 0. The molecule has 0 aliphatic rings. The van der Waals surface area contributed by atoms with Gasteiger partial charge in [-0.2, -0.15) is 0 Å². The Morgan fingerprint density at radius 3 is 1.50 bits per heavy atom. The van der Waals surface area contributed by atoms with E-state index in [1.54, 1.807) is 0 Å². The molecule has 1 N–H and O–H groups in total. The average molecular weight is 191 g/mol. The van der Waals surface area contributed by atoms with Crippen LogP contribution in [0.4, 0.5) is 0 Å². The third-order valence-corrected chi connectivity index (χ3v) is 3.24. The Morgan fingerprint density at radius 2 is 1.14 bits per heavy atom. The zero-order valence-corrected chi connectivity index (χ0v) is 9.47. The van der Waals surface area contributed by atoms with E-state index in [1.165, 1.54) is 34.0 Å². The van der Waals surface area contributed by atoms with Crippen LogP contribution in [0.15, 0.2) is 5.16 Å². The molecule has 2 heteroatoms. The van der Waals surface area contributed by atoms with E-state index in [4.69, 9.17) is 5.21 Å². The molecule has 0 amide bonds. The monoisotopic (exact) mass is 191 g/mol. The minimum Gasteiger partial charge on any atom is -0.411 e. The van der Waals surface area contributed by atoms with E-state index in [9.17, 15) is 0 Å². The van der Waals surface area contributed by atoms with Crippen LogP contribution in [0.3, 0.4) is 0 Å². The predicted molar refractivity (Wildman–Crippen MR) is 59.5 cm³/mol. The number of oxime groups is 1. The summed E-state index contributed by atoms with van der Waals surface area (Å²) in [6.07, 6.45) is 1.52. The third kappa shape index (κ3) is 1.52. The molecule has 14 heavy (non-hydrogen) atoms. The van der Waals surface area contributed by atoms with E-state index in [0.717, 1.165) is 5.56 Å². The molecule has 0 aromatic heterocycles. The SMILES string of the molecule is Cc1c(C)c(C)c(/C=N/O)c(C)c1C. The zero-order chi connectivity index (χ0) is 10.9. The smallest absolute Gasteiger partial charge is 0.0739 e. The lowest BCUT2D eigenvalue weighted by Crippen LogP contribution is -2.01. The second kappa shape index (κ2) is 3.82. The summed E-state index contributed by atoms with van der Waals surface area (Å²) in [5.41, 5.74) is 7.32. The molecule has 0 spiro atoms. The van der Waals surface area contributed by atoms with Crippen molar-refractivity contribution in [2.24, 2.45) is 5.16 Å². The molecule has 0 bridgehead atoms. The molecule has 1 aromatic carbocycles. The Hall–Kier alpha value is -1.31. The van der Waals surface area contributed by atoms with Crippen molar-refractivity contribution >= 4 is 6.21 Å². The van der Waals surface area contributed by atoms with Crippen LogP contribution in [0.1, 0.15) is 33.4 Å². The molecular formula is C12H17NO. The quantitative estimate of drug-likeness (QED) is 0.413. The Balaban J connectivity index is 3.59. The van der Waals surface area contributed by atoms with Crippen molar-refractivity contribution in [3.63, 3.8) is 0 Å². The molecule has 0 aliphatic heterocycles. The van der Waals surface area contributed by atoms with E-state index < -0.39 is 0 Å². The van der Waals surface area contributed by atoms with Gasteiger partial charge in [0, 0.05) is 5.56 Å². The summed E-state index contributed by atoms with van der Waals surface area (Å²) >= 11 is 0. The fourth-order valence-electron chi connectivity index (χ4n) is 1.78. The van der Waals surface area contributed by atoms with Crippen molar-refractivity contribution in [2.45, 2.75) is 34.6 Å². The minimum atomic E-state index is 1.04. The number of hydrogen-bond donors (Lipinski definition) is 1. The highest BCUT2D eigenvalue weighted by Gasteiger charge is 2.10. The lowest BCUT2D eigenvalue weighted by molar-refractivity contribution is 0.322. The van der Waals surface area contributed by atoms with Crippen LogP contribution in [0, 0.1) is 34.6 Å². The Labute approximate surface area is 85.3 Å². The summed E-state index contributed by atoms with van der Waals surface area (Å²) in [5.74, 6) is 0. The van der Waals surface area contributed by atoms with Gasteiger partial charge < -0.3 is 5.21 Å². The first-order valence-corrected chi connectivity index (χ1v) is 4.75. The van der Waals surface area contributed by atoms with Crippen molar-refractivity contribution < 1.29 is 5.21 Å². The van der Waals surface area contributed by atoms with Crippen LogP contribution < -0.4 is 0 Å². The van der Waals surface area contributed by atoms with Crippen molar-refractivity contribution in [1.82, 2.24) is 0 Å². The molecule has 0 fully saturated rings. The molecule has 0 heterocycles. The molecule has 0 radical (unpaired) electrons. The van der Waals surface area contributed by atoms with Crippen LogP contribution >= 0.6 is 0 Å². The van der Waals surface area contributed by atoms with Crippen molar-refractivity contribution in [3.8, 4) is 0 Å². The van der Waals surface area contributed by atoms with Gasteiger partial charge in [-0.3, -0.25) is 0 Å². The average Bonchev–Trinajstić information content (AvgIpc) is 2.19. The van der Waals surface area contributed by atoms with Gasteiger partial charge in [-0.05, 0) is 62.4 Å². The summed E-state index contributed by atoms with van der Waals surface area (Å²) < 4.78 is 0. The predicted octanol–water partition coefficient (Wildman–Crippen LogP) is 3.04. The van der Waals surface area contributed by atoms with E-state index >= 15 is 0 Å². The lowest BCUT2D eigenvalue weighted by atomic mass is 9.90. The van der Waals surface area contributed by atoms with Crippen LogP contribution in [-0.4, -0.2) is 11.4 Å². The molecule has 0 saturated heterocycles. The molecule has 1 aromatic rings. The maximum absolute atomic E-state index is 8.59. The van der Waals surface area contributed by atoms with Gasteiger partial charge in [0.1, 0.15) is 0 Å². The topological polar surface area (TPSA) is 32.6 Å².